The Bertz CT molecular complexity index is 918. The van der Waals surface area contributed by atoms with Gasteiger partial charge in [0.25, 0.3) is 5.69 Å². The molecule has 8 heteroatoms. The summed E-state index contributed by atoms with van der Waals surface area (Å²) in [7, 11) is 0. The number of non-ortho nitro benzene ring substituents is 1. The van der Waals surface area contributed by atoms with Gasteiger partial charge in [0, 0.05) is 23.3 Å². The maximum Gasteiger partial charge on any atom is 0.269 e. The van der Waals surface area contributed by atoms with Gasteiger partial charge < -0.3 is 4.42 Å². The van der Waals surface area contributed by atoms with Crippen molar-refractivity contribution in [3.8, 4) is 0 Å². The zero-order valence-electron chi connectivity index (χ0n) is 14.2. The number of aromatic nitrogens is 3. The van der Waals surface area contributed by atoms with Crippen LogP contribution in [0, 0.1) is 10.1 Å². The van der Waals surface area contributed by atoms with Crippen LogP contribution in [0.4, 0.5) is 5.69 Å². The first-order valence-electron chi connectivity index (χ1n) is 8.48. The molecule has 4 rings (SSSR count). The fourth-order valence-electron chi connectivity index (χ4n) is 2.86. The zero-order valence-corrected chi connectivity index (χ0v) is 15.1. The lowest BCUT2D eigenvalue weighted by Gasteiger charge is -2.13. The lowest BCUT2D eigenvalue weighted by atomic mass is 10.1. The molecule has 3 aromatic rings. The van der Waals surface area contributed by atoms with Crippen LogP contribution in [0.1, 0.15) is 48.1 Å². The van der Waals surface area contributed by atoms with Crippen LogP contribution >= 0.6 is 11.8 Å². The summed E-state index contributed by atoms with van der Waals surface area (Å²) in [6.07, 6.45) is 3.94. The van der Waals surface area contributed by atoms with E-state index >= 15 is 0 Å². The molecule has 1 fully saturated rings. The zero-order chi connectivity index (χ0) is 18.1. The number of nitro groups is 1. The molecule has 0 N–H and O–H groups in total. The van der Waals surface area contributed by atoms with Crippen LogP contribution in [0.5, 0.6) is 0 Å². The average Bonchev–Trinajstić information content (AvgIpc) is 3.21. The highest BCUT2D eigenvalue weighted by atomic mass is 32.2. The predicted octanol–water partition coefficient (Wildman–Crippen LogP) is 4.56. The molecule has 1 aromatic carbocycles. The third kappa shape index (κ3) is 3.50. The second-order valence-corrected chi connectivity index (χ2v) is 7.70. The quantitative estimate of drug-likeness (QED) is 0.344. The summed E-state index contributed by atoms with van der Waals surface area (Å²) in [6.45, 7) is 2.61. The van der Waals surface area contributed by atoms with Gasteiger partial charge in [-0.25, -0.2) is 0 Å². The fraction of sp³-hybridized carbons (Fsp3) is 0.333. The lowest BCUT2D eigenvalue weighted by Crippen LogP contribution is -2.06. The molecule has 0 radical (unpaired) electrons. The summed E-state index contributed by atoms with van der Waals surface area (Å²) in [4.78, 5) is 10.6. The minimum Gasteiger partial charge on any atom is -0.467 e. The second kappa shape index (κ2) is 6.95. The number of hydrogen-bond acceptors (Lipinski definition) is 6. The van der Waals surface area contributed by atoms with Gasteiger partial charge in [-0.05, 0) is 37.5 Å². The molecule has 2 aromatic heterocycles. The van der Waals surface area contributed by atoms with Crippen LogP contribution in [0.15, 0.2) is 52.2 Å². The van der Waals surface area contributed by atoms with Crippen molar-refractivity contribution >= 4 is 17.4 Å². The summed E-state index contributed by atoms with van der Waals surface area (Å²) >= 11 is 1.56. The van der Waals surface area contributed by atoms with E-state index in [9.17, 15) is 10.1 Å². The van der Waals surface area contributed by atoms with Crippen molar-refractivity contribution in [3.05, 3.63) is 69.9 Å². The van der Waals surface area contributed by atoms with Gasteiger partial charge in [-0.3, -0.25) is 14.7 Å². The first-order chi connectivity index (χ1) is 12.6. The van der Waals surface area contributed by atoms with Crippen molar-refractivity contribution in [1.29, 1.82) is 0 Å². The topological polar surface area (TPSA) is 87.0 Å². The van der Waals surface area contributed by atoms with E-state index in [0.717, 1.165) is 35.1 Å². The molecule has 0 aliphatic heterocycles. The third-order valence-electron chi connectivity index (χ3n) is 4.41. The van der Waals surface area contributed by atoms with Gasteiger partial charge in [0.2, 0.25) is 0 Å². The molecule has 0 amide bonds. The summed E-state index contributed by atoms with van der Waals surface area (Å²) in [5, 5.41) is 20.6. The van der Waals surface area contributed by atoms with Gasteiger partial charge in [0.15, 0.2) is 5.16 Å². The molecule has 1 aliphatic carbocycles. The summed E-state index contributed by atoms with van der Waals surface area (Å²) < 4.78 is 7.59. The Morgan fingerprint density at radius 1 is 1.35 bits per heavy atom. The number of furan rings is 1. The van der Waals surface area contributed by atoms with E-state index in [1.807, 2.05) is 25.1 Å². The number of benzene rings is 1. The van der Waals surface area contributed by atoms with Crippen LogP contribution in [-0.4, -0.2) is 19.7 Å². The number of nitrogens with zero attached hydrogens (tertiary/aromatic N) is 4. The van der Waals surface area contributed by atoms with Crippen molar-refractivity contribution in [3.63, 3.8) is 0 Å². The SMILES string of the molecule is CC(Sc1nnc(C2CC2)n1Cc1ccco1)c1cccc([N+](=O)[O-])c1. The summed E-state index contributed by atoms with van der Waals surface area (Å²) in [5.41, 5.74) is 0.996. The van der Waals surface area contributed by atoms with Gasteiger partial charge in [-0.1, -0.05) is 23.9 Å². The fourth-order valence-corrected chi connectivity index (χ4v) is 3.83. The molecule has 1 atom stereocenters. The van der Waals surface area contributed by atoms with Crippen molar-refractivity contribution in [2.45, 2.75) is 42.6 Å². The van der Waals surface area contributed by atoms with Crippen LogP contribution in [0.3, 0.4) is 0 Å². The van der Waals surface area contributed by atoms with Crippen LogP contribution in [-0.2, 0) is 6.54 Å². The number of hydrogen-bond donors (Lipinski definition) is 0. The molecular weight excluding hydrogens is 352 g/mol. The van der Waals surface area contributed by atoms with E-state index in [0.29, 0.717) is 12.5 Å². The van der Waals surface area contributed by atoms with Crippen LogP contribution < -0.4 is 0 Å². The Balaban J connectivity index is 1.59. The second-order valence-electron chi connectivity index (χ2n) is 6.39. The molecule has 26 heavy (non-hydrogen) atoms. The Labute approximate surface area is 154 Å². The molecule has 7 nitrogen and oxygen atoms in total. The standard InChI is InChI=1S/C18H18N4O3S/c1-12(14-4-2-5-15(10-14)22(23)24)26-18-20-19-17(13-7-8-13)21(18)11-16-6-3-9-25-16/h2-6,9-10,12-13H,7-8,11H2,1H3. The molecule has 1 saturated carbocycles. The molecule has 1 unspecified atom stereocenters. The van der Waals surface area contributed by atoms with E-state index < -0.39 is 0 Å². The van der Waals surface area contributed by atoms with Gasteiger partial charge in [0.05, 0.1) is 17.7 Å². The van der Waals surface area contributed by atoms with E-state index in [-0.39, 0.29) is 15.9 Å². The van der Waals surface area contributed by atoms with Gasteiger partial charge in [-0.15, -0.1) is 10.2 Å². The van der Waals surface area contributed by atoms with Crippen LogP contribution in [0.2, 0.25) is 0 Å². The molecule has 134 valence electrons. The van der Waals surface area contributed by atoms with E-state index in [2.05, 4.69) is 14.8 Å². The smallest absolute Gasteiger partial charge is 0.269 e. The average molecular weight is 370 g/mol. The highest BCUT2D eigenvalue weighted by Gasteiger charge is 2.31. The number of thioether (sulfide) groups is 1. The molecule has 0 spiro atoms. The normalized spacial score (nSPS) is 15.1. The molecule has 2 heterocycles. The van der Waals surface area contributed by atoms with Gasteiger partial charge >= 0.3 is 0 Å². The maximum atomic E-state index is 11.0. The third-order valence-corrected chi connectivity index (χ3v) is 5.55. The van der Waals surface area contributed by atoms with Crippen molar-refractivity contribution < 1.29 is 9.34 Å². The minimum atomic E-state index is -0.370. The maximum absolute atomic E-state index is 11.0. The van der Waals surface area contributed by atoms with Gasteiger partial charge in [0.1, 0.15) is 11.6 Å². The highest BCUT2D eigenvalue weighted by molar-refractivity contribution is 7.99. The lowest BCUT2D eigenvalue weighted by molar-refractivity contribution is -0.384. The molecule has 1 aliphatic rings. The van der Waals surface area contributed by atoms with E-state index in [1.165, 1.54) is 6.07 Å². The number of nitro benzene ring substituents is 1. The Hall–Kier alpha value is -2.61. The highest BCUT2D eigenvalue weighted by Crippen LogP contribution is 2.42. The van der Waals surface area contributed by atoms with Crippen LogP contribution in [0.25, 0.3) is 0 Å². The van der Waals surface area contributed by atoms with Crippen molar-refractivity contribution in [2.24, 2.45) is 0 Å². The van der Waals surface area contributed by atoms with Gasteiger partial charge in [-0.2, -0.15) is 0 Å². The van der Waals surface area contributed by atoms with E-state index in [1.54, 1.807) is 30.2 Å². The summed E-state index contributed by atoms with van der Waals surface area (Å²) in [6, 6.07) is 10.6. The Kier molecular flexibility index (Phi) is 4.50. The molecule has 0 bridgehead atoms. The Morgan fingerprint density at radius 2 is 2.19 bits per heavy atom. The molecular formula is C18H18N4O3S. The van der Waals surface area contributed by atoms with Crippen molar-refractivity contribution in [2.75, 3.05) is 0 Å². The predicted molar refractivity (Wildman–Crippen MR) is 97.2 cm³/mol. The largest absolute Gasteiger partial charge is 0.467 e. The monoisotopic (exact) mass is 370 g/mol. The number of rotatable bonds is 7. The minimum absolute atomic E-state index is 0.0153. The Morgan fingerprint density at radius 3 is 2.88 bits per heavy atom. The summed E-state index contributed by atoms with van der Waals surface area (Å²) in [5.74, 6) is 2.33. The first kappa shape index (κ1) is 16.8. The van der Waals surface area contributed by atoms with E-state index in [4.69, 9.17) is 4.42 Å². The van der Waals surface area contributed by atoms with Crippen molar-refractivity contribution in [1.82, 2.24) is 14.8 Å². The first-order valence-corrected chi connectivity index (χ1v) is 9.36. The molecule has 0 saturated heterocycles.